The number of hydrazine groups is 1. The first kappa shape index (κ1) is 16.2. The molecule has 0 aliphatic rings. The largest absolute Gasteiger partial charge is 0.271 e. The summed E-state index contributed by atoms with van der Waals surface area (Å²) >= 11 is 7.40. The average molecular weight is 329 g/mol. The fraction of sp³-hybridized carbons (Fsp3) is 0.200. The van der Waals surface area contributed by atoms with Crippen LogP contribution in [0.1, 0.15) is 5.56 Å². The van der Waals surface area contributed by atoms with Gasteiger partial charge >= 0.3 is 0 Å². The van der Waals surface area contributed by atoms with E-state index in [1.54, 1.807) is 18.2 Å². The van der Waals surface area contributed by atoms with E-state index >= 15 is 0 Å². The van der Waals surface area contributed by atoms with Gasteiger partial charge in [0.25, 0.3) is 0 Å². The Labute approximate surface area is 131 Å². The topological polar surface area (TPSA) is 38.0 Å². The van der Waals surface area contributed by atoms with Gasteiger partial charge in [0.1, 0.15) is 11.6 Å². The Morgan fingerprint density at radius 3 is 2.52 bits per heavy atom. The monoisotopic (exact) mass is 328 g/mol. The SMILES string of the molecule is NNC(CSc1ccc(F)cc1)Cc1cc(Cl)ccc1F. The van der Waals surface area contributed by atoms with E-state index in [1.807, 2.05) is 0 Å². The highest BCUT2D eigenvalue weighted by molar-refractivity contribution is 7.99. The van der Waals surface area contributed by atoms with Gasteiger partial charge in [-0.15, -0.1) is 11.8 Å². The predicted octanol–water partition coefficient (Wildman–Crippen LogP) is 3.78. The van der Waals surface area contributed by atoms with Crippen molar-refractivity contribution in [2.75, 3.05) is 5.75 Å². The average Bonchev–Trinajstić information content (AvgIpc) is 2.48. The van der Waals surface area contributed by atoms with Crippen LogP contribution in [0.25, 0.3) is 0 Å². The number of thioether (sulfide) groups is 1. The highest BCUT2D eigenvalue weighted by Crippen LogP contribution is 2.21. The molecule has 2 rings (SSSR count). The smallest absolute Gasteiger partial charge is 0.126 e. The highest BCUT2D eigenvalue weighted by Gasteiger charge is 2.12. The molecule has 0 fully saturated rings. The van der Waals surface area contributed by atoms with Crippen molar-refractivity contribution in [1.82, 2.24) is 5.43 Å². The van der Waals surface area contributed by atoms with Gasteiger partial charge in [0.2, 0.25) is 0 Å². The zero-order chi connectivity index (χ0) is 15.2. The van der Waals surface area contributed by atoms with E-state index in [2.05, 4.69) is 5.43 Å². The fourth-order valence-electron chi connectivity index (χ4n) is 1.86. The summed E-state index contributed by atoms with van der Waals surface area (Å²) in [7, 11) is 0. The maximum Gasteiger partial charge on any atom is 0.126 e. The third-order valence-electron chi connectivity index (χ3n) is 2.97. The highest BCUT2D eigenvalue weighted by atomic mass is 35.5. The van der Waals surface area contributed by atoms with Crippen LogP contribution in [0.5, 0.6) is 0 Å². The van der Waals surface area contributed by atoms with Gasteiger partial charge in [-0.3, -0.25) is 11.3 Å². The number of nitrogens with two attached hydrogens (primary N) is 1. The summed E-state index contributed by atoms with van der Waals surface area (Å²) < 4.78 is 26.5. The van der Waals surface area contributed by atoms with E-state index in [-0.39, 0.29) is 17.7 Å². The molecule has 0 spiro atoms. The fourth-order valence-corrected chi connectivity index (χ4v) is 2.99. The molecular formula is C15H15ClF2N2S. The Morgan fingerprint density at radius 1 is 1.14 bits per heavy atom. The minimum absolute atomic E-state index is 0.118. The summed E-state index contributed by atoms with van der Waals surface area (Å²) in [5, 5.41) is 0.494. The van der Waals surface area contributed by atoms with Gasteiger partial charge in [-0.1, -0.05) is 11.6 Å². The van der Waals surface area contributed by atoms with E-state index in [0.717, 1.165) is 4.90 Å². The van der Waals surface area contributed by atoms with Crippen molar-refractivity contribution >= 4 is 23.4 Å². The molecule has 3 N–H and O–H groups in total. The predicted molar refractivity (Wildman–Crippen MR) is 83.3 cm³/mol. The maximum atomic E-state index is 13.7. The summed E-state index contributed by atoms with van der Waals surface area (Å²) in [6, 6.07) is 10.6. The van der Waals surface area contributed by atoms with E-state index in [4.69, 9.17) is 17.4 Å². The second kappa shape index (κ2) is 7.75. The molecule has 0 saturated carbocycles. The Morgan fingerprint density at radius 2 is 1.86 bits per heavy atom. The maximum absolute atomic E-state index is 13.7. The molecule has 2 aromatic carbocycles. The molecule has 2 nitrogen and oxygen atoms in total. The number of hydrogen-bond acceptors (Lipinski definition) is 3. The van der Waals surface area contributed by atoms with Gasteiger partial charge in [-0.2, -0.15) is 0 Å². The summed E-state index contributed by atoms with van der Waals surface area (Å²) in [6.45, 7) is 0. The van der Waals surface area contributed by atoms with Crippen molar-refractivity contribution in [1.29, 1.82) is 0 Å². The molecule has 0 radical (unpaired) electrons. The molecule has 0 bridgehead atoms. The number of halogens is 3. The van der Waals surface area contributed by atoms with E-state index < -0.39 is 0 Å². The van der Waals surface area contributed by atoms with Crippen LogP contribution in [0.3, 0.4) is 0 Å². The quantitative estimate of drug-likeness (QED) is 0.481. The van der Waals surface area contributed by atoms with E-state index in [0.29, 0.717) is 22.8 Å². The minimum atomic E-state index is -0.300. The molecule has 112 valence electrons. The van der Waals surface area contributed by atoms with Crippen molar-refractivity contribution in [3.05, 3.63) is 64.7 Å². The first-order valence-corrected chi connectivity index (χ1v) is 7.73. The van der Waals surface area contributed by atoms with Crippen molar-refractivity contribution in [3.8, 4) is 0 Å². The molecule has 0 saturated heterocycles. The lowest BCUT2D eigenvalue weighted by molar-refractivity contribution is 0.546. The molecule has 21 heavy (non-hydrogen) atoms. The van der Waals surface area contributed by atoms with E-state index in [9.17, 15) is 8.78 Å². The Kier molecular flexibility index (Phi) is 5.99. The van der Waals surface area contributed by atoms with Gasteiger partial charge < -0.3 is 0 Å². The van der Waals surface area contributed by atoms with Crippen LogP contribution in [-0.4, -0.2) is 11.8 Å². The lowest BCUT2D eigenvalue weighted by Gasteiger charge is -2.16. The van der Waals surface area contributed by atoms with Crippen LogP contribution in [-0.2, 0) is 6.42 Å². The van der Waals surface area contributed by atoms with Crippen molar-refractivity contribution in [2.24, 2.45) is 5.84 Å². The summed E-state index contributed by atoms with van der Waals surface area (Å²) in [5.74, 6) is 5.58. The summed E-state index contributed by atoms with van der Waals surface area (Å²) in [5.41, 5.74) is 3.19. The molecule has 0 aliphatic heterocycles. The van der Waals surface area contributed by atoms with Gasteiger partial charge in [0.05, 0.1) is 0 Å². The van der Waals surface area contributed by atoms with Crippen molar-refractivity contribution in [2.45, 2.75) is 17.4 Å². The minimum Gasteiger partial charge on any atom is -0.271 e. The molecule has 1 unspecified atom stereocenters. The molecular weight excluding hydrogens is 314 g/mol. The zero-order valence-corrected chi connectivity index (χ0v) is 12.7. The Bertz CT molecular complexity index is 593. The Balaban J connectivity index is 1.96. The van der Waals surface area contributed by atoms with Crippen LogP contribution in [0, 0.1) is 11.6 Å². The summed E-state index contributed by atoms with van der Waals surface area (Å²) in [4.78, 5) is 0.934. The first-order chi connectivity index (χ1) is 10.1. The van der Waals surface area contributed by atoms with Crippen molar-refractivity contribution < 1.29 is 8.78 Å². The first-order valence-electron chi connectivity index (χ1n) is 6.37. The van der Waals surface area contributed by atoms with Crippen LogP contribution in [0.15, 0.2) is 47.4 Å². The van der Waals surface area contributed by atoms with Crippen molar-refractivity contribution in [3.63, 3.8) is 0 Å². The van der Waals surface area contributed by atoms with Gasteiger partial charge in [-0.05, 0) is 54.4 Å². The van der Waals surface area contributed by atoms with Crippen LogP contribution >= 0.6 is 23.4 Å². The third kappa shape index (κ3) is 4.97. The van der Waals surface area contributed by atoms with Crippen LogP contribution in [0.4, 0.5) is 8.78 Å². The number of hydrogen-bond donors (Lipinski definition) is 2. The van der Waals surface area contributed by atoms with Gasteiger partial charge in [-0.25, -0.2) is 8.78 Å². The molecule has 1 atom stereocenters. The number of nitrogens with one attached hydrogen (secondary N) is 1. The zero-order valence-electron chi connectivity index (χ0n) is 11.2. The lowest BCUT2D eigenvalue weighted by atomic mass is 10.1. The number of benzene rings is 2. The Hall–Kier alpha value is -1.14. The van der Waals surface area contributed by atoms with E-state index in [1.165, 1.54) is 36.0 Å². The molecule has 2 aromatic rings. The van der Waals surface area contributed by atoms with Gasteiger partial charge in [0, 0.05) is 21.7 Å². The molecule has 0 amide bonds. The second-order valence-electron chi connectivity index (χ2n) is 4.57. The lowest BCUT2D eigenvalue weighted by Crippen LogP contribution is -2.38. The van der Waals surface area contributed by atoms with Crippen LogP contribution in [0.2, 0.25) is 5.02 Å². The third-order valence-corrected chi connectivity index (χ3v) is 4.38. The molecule has 0 heterocycles. The van der Waals surface area contributed by atoms with Gasteiger partial charge in [0.15, 0.2) is 0 Å². The number of rotatable bonds is 6. The molecule has 0 aromatic heterocycles. The molecule has 6 heteroatoms. The standard InChI is InChI=1S/C15H15ClF2N2S/c16-11-1-6-15(18)10(7-11)8-13(20-19)9-21-14-4-2-12(17)3-5-14/h1-7,13,20H,8-9,19H2. The summed E-state index contributed by atoms with van der Waals surface area (Å²) in [6.07, 6.45) is 0.428. The normalized spacial score (nSPS) is 12.4. The molecule has 0 aliphatic carbocycles. The van der Waals surface area contributed by atoms with Crippen LogP contribution < -0.4 is 11.3 Å². The second-order valence-corrected chi connectivity index (χ2v) is 6.10.